The van der Waals surface area contributed by atoms with E-state index in [-0.39, 0.29) is 16.4 Å². The molecule has 0 aliphatic heterocycles. The standard InChI is InChI=1S/C13H17NO2S/c1-17-13(7-4-8-13)9-14-12(16)10-5-2-3-6-11(10)15/h2-3,5-6,15H,4,7-9H2,1H3,(H,14,16). The number of para-hydroxylation sites is 1. The molecule has 0 radical (unpaired) electrons. The van der Waals surface area contributed by atoms with Crippen molar-refractivity contribution in [2.75, 3.05) is 12.8 Å². The highest BCUT2D eigenvalue weighted by atomic mass is 32.2. The molecule has 4 heteroatoms. The monoisotopic (exact) mass is 251 g/mol. The summed E-state index contributed by atoms with van der Waals surface area (Å²) in [5, 5.41) is 12.5. The minimum Gasteiger partial charge on any atom is -0.507 e. The number of aromatic hydroxyl groups is 1. The number of nitrogens with one attached hydrogen (secondary N) is 1. The lowest BCUT2D eigenvalue weighted by Gasteiger charge is -2.40. The molecule has 1 fully saturated rings. The predicted molar refractivity (Wildman–Crippen MR) is 70.5 cm³/mol. The van der Waals surface area contributed by atoms with Crippen molar-refractivity contribution in [2.45, 2.75) is 24.0 Å². The van der Waals surface area contributed by atoms with Gasteiger partial charge in [0.15, 0.2) is 0 Å². The molecule has 0 bridgehead atoms. The maximum Gasteiger partial charge on any atom is 0.255 e. The first-order valence-corrected chi connectivity index (χ1v) is 7.01. The largest absolute Gasteiger partial charge is 0.507 e. The van der Waals surface area contributed by atoms with Crippen LogP contribution in [0.3, 0.4) is 0 Å². The molecular weight excluding hydrogens is 234 g/mol. The Bertz CT molecular complexity index is 410. The van der Waals surface area contributed by atoms with E-state index in [4.69, 9.17) is 0 Å². The van der Waals surface area contributed by atoms with Crippen molar-refractivity contribution >= 4 is 17.7 Å². The van der Waals surface area contributed by atoms with E-state index in [1.54, 1.807) is 18.2 Å². The summed E-state index contributed by atoms with van der Waals surface area (Å²) in [6, 6.07) is 6.63. The zero-order valence-corrected chi connectivity index (χ0v) is 10.7. The fourth-order valence-corrected chi connectivity index (χ4v) is 2.94. The van der Waals surface area contributed by atoms with Gasteiger partial charge >= 0.3 is 0 Å². The van der Waals surface area contributed by atoms with Crippen LogP contribution >= 0.6 is 11.8 Å². The van der Waals surface area contributed by atoms with Crippen LogP contribution in [0.15, 0.2) is 24.3 Å². The summed E-state index contributed by atoms with van der Waals surface area (Å²) in [7, 11) is 0. The van der Waals surface area contributed by atoms with Gasteiger partial charge in [-0.3, -0.25) is 4.79 Å². The van der Waals surface area contributed by atoms with Crippen molar-refractivity contribution in [1.29, 1.82) is 0 Å². The van der Waals surface area contributed by atoms with Crippen LogP contribution in [-0.2, 0) is 0 Å². The summed E-state index contributed by atoms with van der Waals surface area (Å²) in [5.41, 5.74) is 0.350. The molecule has 0 unspecified atom stereocenters. The smallest absolute Gasteiger partial charge is 0.255 e. The topological polar surface area (TPSA) is 49.3 Å². The van der Waals surface area contributed by atoms with Crippen LogP contribution in [0.25, 0.3) is 0 Å². The normalized spacial score (nSPS) is 17.2. The highest BCUT2D eigenvalue weighted by molar-refractivity contribution is 8.00. The fraction of sp³-hybridized carbons (Fsp3) is 0.462. The quantitative estimate of drug-likeness (QED) is 0.864. The number of thioether (sulfide) groups is 1. The molecular formula is C13H17NO2S. The van der Waals surface area contributed by atoms with Crippen LogP contribution in [0.2, 0.25) is 0 Å². The number of hydrogen-bond donors (Lipinski definition) is 2. The molecule has 3 nitrogen and oxygen atoms in total. The average molecular weight is 251 g/mol. The van der Waals surface area contributed by atoms with Crippen LogP contribution in [-0.4, -0.2) is 28.6 Å². The first kappa shape index (κ1) is 12.3. The predicted octanol–water partition coefficient (Wildman–Crippen LogP) is 2.41. The Morgan fingerprint density at radius 2 is 2.18 bits per heavy atom. The number of carbonyl (C=O) groups excluding carboxylic acids is 1. The summed E-state index contributed by atoms with van der Waals surface area (Å²) in [6.07, 6.45) is 5.66. The second kappa shape index (κ2) is 5.00. The number of phenolic OH excluding ortho intramolecular Hbond substituents is 1. The first-order chi connectivity index (χ1) is 8.17. The van der Waals surface area contributed by atoms with E-state index < -0.39 is 0 Å². The lowest BCUT2D eigenvalue weighted by molar-refractivity contribution is 0.0941. The fourth-order valence-electron chi connectivity index (χ4n) is 2.03. The molecule has 0 aromatic heterocycles. The van der Waals surface area contributed by atoms with Gasteiger partial charge in [0, 0.05) is 11.3 Å². The van der Waals surface area contributed by atoms with E-state index >= 15 is 0 Å². The lowest BCUT2D eigenvalue weighted by atomic mass is 9.84. The zero-order chi connectivity index (χ0) is 12.3. The number of phenols is 1. The molecule has 1 aromatic carbocycles. The summed E-state index contributed by atoms with van der Waals surface area (Å²) in [5.74, 6) is -0.153. The highest BCUT2D eigenvalue weighted by Crippen LogP contribution is 2.42. The van der Waals surface area contributed by atoms with Crippen molar-refractivity contribution in [2.24, 2.45) is 0 Å². The van der Waals surface area contributed by atoms with Gasteiger partial charge in [0.05, 0.1) is 5.56 Å². The average Bonchev–Trinajstić information content (AvgIpc) is 2.28. The molecule has 0 atom stereocenters. The van der Waals surface area contributed by atoms with Gasteiger partial charge in [-0.1, -0.05) is 18.6 Å². The van der Waals surface area contributed by atoms with E-state index in [9.17, 15) is 9.90 Å². The van der Waals surface area contributed by atoms with Gasteiger partial charge in [-0.25, -0.2) is 0 Å². The maximum atomic E-state index is 11.9. The Hall–Kier alpha value is -1.16. The SMILES string of the molecule is CSC1(CNC(=O)c2ccccc2O)CCC1. The third kappa shape index (κ3) is 2.57. The van der Waals surface area contributed by atoms with E-state index in [1.165, 1.54) is 12.5 Å². The molecule has 92 valence electrons. The lowest BCUT2D eigenvalue weighted by Crippen LogP contribution is -2.45. The van der Waals surface area contributed by atoms with Crippen LogP contribution in [0, 0.1) is 0 Å². The molecule has 1 aliphatic carbocycles. The van der Waals surface area contributed by atoms with Crippen molar-refractivity contribution in [3.63, 3.8) is 0 Å². The Morgan fingerprint density at radius 3 is 2.71 bits per heavy atom. The molecule has 1 aliphatic rings. The second-order valence-corrected chi connectivity index (χ2v) is 5.71. The van der Waals surface area contributed by atoms with Crippen molar-refractivity contribution in [3.05, 3.63) is 29.8 Å². The second-order valence-electron chi connectivity index (χ2n) is 4.44. The van der Waals surface area contributed by atoms with Crippen LogP contribution in [0.5, 0.6) is 5.75 Å². The van der Waals surface area contributed by atoms with Crippen LogP contribution in [0.1, 0.15) is 29.6 Å². The van der Waals surface area contributed by atoms with Crippen LogP contribution < -0.4 is 5.32 Å². The maximum absolute atomic E-state index is 11.9. The van der Waals surface area contributed by atoms with Gasteiger partial charge in [-0.15, -0.1) is 0 Å². The van der Waals surface area contributed by atoms with Crippen molar-refractivity contribution < 1.29 is 9.90 Å². The highest BCUT2D eigenvalue weighted by Gasteiger charge is 2.36. The Balaban J connectivity index is 1.96. The Morgan fingerprint density at radius 1 is 1.47 bits per heavy atom. The van der Waals surface area contributed by atoms with E-state index in [1.807, 2.05) is 11.8 Å². The number of carbonyl (C=O) groups is 1. The molecule has 2 rings (SSSR count). The first-order valence-electron chi connectivity index (χ1n) is 5.78. The number of amides is 1. The summed E-state index contributed by atoms with van der Waals surface area (Å²) < 4.78 is 0.222. The molecule has 1 amide bonds. The minimum absolute atomic E-state index is 0.0387. The van der Waals surface area contributed by atoms with E-state index in [0.717, 1.165) is 12.8 Å². The third-order valence-corrected chi connectivity index (χ3v) is 4.84. The summed E-state index contributed by atoms with van der Waals surface area (Å²) >= 11 is 1.82. The van der Waals surface area contributed by atoms with Crippen molar-refractivity contribution in [1.82, 2.24) is 5.32 Å². The molecule has 0 spiro atoms. The van der Waals surface area contributed by atoms with E-state index in [2.05, 4.69) is 11.6 Å². The van der Waals surface area contributed by atoms with Gasteiger partial charge < -0.3 is 10.4 Å². The number of rotatable bonds is 4. The molecule has 17 heavy (non-hydrogen) atoms. The van der Waals surface area contributed by atoms with E-state index in [0.29, 0.717) is 12.1 Å². The van der Waals surface area contributed by atoms with Gasteiger partial charge in [0.25, 0.3) is 5.91 Å². The molecule has 0 saturated heterocycles. The Labute approximate surface area is 106 Å². The van der Waals surface area contributed by atoms with Gasteiger partial charge in [0.1, 0.15) is 5.75 Å². The number of benzene rings is 1. The van der Waals surface area contributed by atoms with Gasteiger partial charge in [-0.05, 0) is 31.2 Å². The zero-order valence-electron chi connectivity index (χ0n) is 9.90. The summed E-state index contributed by atoms with van der Waals surface area (Å²) in [4.78, 5) is 11.9. The molecule has 2 N–H and O–H groups in total. The summed E-state index contributed by atoms with van der Waals surface area (Å²) in [6.45, 7) is 0.682. The minimum atomic E-state index is -0.191. The number of hydrogen-bond acceptors (Lipinski definition) is 3. The molecule has 1 saturated carbocycles. The van der Waals surface area contributed by atoms with Crippen LogP contribution in [0.4, 0.5) is 0 Å². The van der Waals surface area contributed by atoms with Crippen molar-refractivity contribution in [3.8, 4) is 5.75 Å². The molecule has 0 heterocycles. The molecule has 1 aromatic rings. The Kier molecular flexibility index (Phi) is 3.62. The third-order valence-electron chi connectivity index (χ3n) is 3.42. The van der Waals surface area contributed by atoms with Gasteiger partial charge in [0.2, 0.25) is 0 Å². The van der Waals surface area contributed by atoms with Gasteiger partial charge in [-0.2, -0.15) is 11.8 Å².